The molecule has 120 valence electrons. The molecule has 0 aliphatic heterocycles. The van der Waals surface area contributed by atoms with Gasteiger partial charge in [-0.3, -0.25) is 4.72 Å². The van der Waals surface area contributed by atoms with Crippen LogP contribution in [-0.4, -0.2) is 13.0 Å². The first kappa shape index (κ1) is 16.9. The summed E-state index contributed by atoms with van der Waals surface area (Å²) < 4.78 is 30.4. The molecule has 23 heavy (non-hydrogen) atoms. The van der Waals surface area contributed by atoms with Crippen LogP contribution in [0.2, 0.25) is 8.67 Å². The van der Waals surface area contributed by atoms with Crippen molar-refractivity contribution in [3.05, 3.63) is 61.9 Å². The van der Waals surface area contributed by atoms with Gasteiger partial charge in [0.05, 0.1) is 15.8 Å². The lowest BCUT2D eigenvalue weighted by Gasteiger charge is -2.13. The highest BCUT2D eigenvalue weighted by atomic mass is 79.9. The second-order valence-corrected chi connectivity index (χ2v) is 9.14. The van der Waals surface area contributed by atoms with Gasteiger partial charge in [-0.05, 0) is 40.2 Å². The number of hydrogen-bond donors (Lipinski definition) is 1. The Balaban J connectivity index is 2.06. The van der Waals surface area contributed by atoms with E-state index >= 15 is 0 Å². The van der Waals surface area contributed by atoms with Gasteiger partial charge in [0.1, 0.15) is 13.6 Å². The van der Waals surface area contributed by atoms with Gasteiger partial charge in [-0.15, -0.1) is 11.3 Å². The van der Waals surface area contributed by atoms with Crippen LogP contribution in [0.3, 0.4) is 0 Å². The minimum absolute atomic E-state index is 0.0588. The largest absolute Gasteiger partial charge is 0.322 e. The molecule has 3 rings (SSSR count). The van der Waals surface area contributed by atoms with Crippen molar-refractivity contribution in [2.24, 2.45) is 0 Å². The maximum Gasteiger partial charge on any atom is 0.265 e. The highest BCUT2D eigenvalue weighted by Gasteiger charge is 2.27. The number of thiophene rings is 1. The molecule has 4 nitrogen and oxygen atoms in total. The topological polar surface area (TPSA) is 51.1 Å². The first-order valence-corrected chi connectivity index (χ1v) is 10.1. The first-order chi connectivity index (χ1) is 10.9. The first-order valence-electron chi connectivity index (χ1n) is 6.28. The van der Waals surface area contributed by atoms with Crippen molar-refractivity contribution in [3.63, 3.8) is 0 Å². The standard InChI is InChI=1S/C14H9BrCl2N2O2S2/c15-11-12(14(17)22-13(11)16)23(20,21)18-9-5-1-2-6-10(9)19-7-3-4-8-19/h1-8,18H. The fourth-order valence-corrected chi connectivity index (χ4v) is 6.68. The molecule has 2 heterocycles. The quantitative estimate of drug-likeness (QED) is 0.576. The third-order valence-electron chi connectivity index (χ3n) is 3.03. The van der Waals surface area contributed by atoms with E-state index in [0.29, 0.717) is 11.4 Å². The third kappa shape index (κ3) is 3.29. The number of sulfonamides is 1. The van der Waals surface area contributed by atoms with E-state index < -0.39 is 10.0 Å². The van der Waals surface area contributed by atoms with Crippen LogP contribution in [-0.2, 0) is 10.0 Å². The molecule has 0 saturated heterocycles. The monoisotopic (exact) mass is 450 g/mol. The Morgan fingerprint density at radius 2 is 1.70 bits per heavy atom. The van der Waals surface area contributed by atoms with Crippen LogP contribution in [0, 0.1) is 0 Å². The Labute approximate surface area is 155 Å². The Kier molecular flexibility index (Phi) is 4.75. The van der Waals surface area contributed by atoms with Gasteiger partial charge in [-0.25, -0.2) is 8.42 Å². The van der Waals surface area contributed by atoms with Crippen molar-refractivity contribution in [2.45, 2.75) is 4.90 Å². The number of para-hydroxylation sites is 2. The highest BCUT2D eigenvalue weighted by Crippen LogP contribution is 2.43. The third-order valence-corrected chi connectivity index (χ3v) is 7.86. The molecule has 0 amide bonds. The molecule has 0 fully saturated rings. The van der Waals surface area contributed by atoms with Crippen LogP contribution >= 0.6 is 50.5 Å². The zero-order valence-electron chi connectivity index (χ0n) is 11.3. The summed E-state index contributed by atoms with van der Waals surface area (Å²) in [5.41, 5.74) is 1.14. The SMILES string of the molecule is O=S(=O)(Nc1ccccc1-n1cccc1)c1c(Cl)sc(Cl)c1Br. The van der Waals surface area contributed by atoms with Crippen LogP contribution in [0.1, 0.15) is 0 Å². The van der Waals surface area contributed by atoms with Crippen molar-refractivity contribution in [3.8, 4) is 5.69 Å². The van der Waals surface area contributed by atoms with Gasteiger partial charge in [-0.2, -0.15) is 0 Å². The van der Waals surface area contributed by atoms with Gasteiger partial charge in [0.15, 0.2) is 0 Å². The number of benzene rings is 1. The fraction of sp³-hybridized carbons (Fsp3) is 0. The second kappa shape index (κ2) is 6.49. The lowest BCUT2D eigenvalue weighted by molar-refractivity contribution is 0.601. The number of aromatic nitrogens is 1. The number of rotatable bonds is 4. The summed E-state index contributed by atoms with van der Waals surface area (Å²) in [4.78, 5) is -0.0588. The molecule has 0 unspecified atom stereocenters. The average Bonchev–Trinajstić information content (AvgIpc) is 3.08. The summed E-state index contributed by atoms with van der Waals surface area (Å²) in [7, 11) is -3.88. The number of halogens is 3. The van der Waals surface area contributed by atoms with Crippen LogP contribution in [0.4, 0.5) is 5.69 Å². The van der Waals surface area contributed by atoms with Crippen molar-refractivity contribution in [1.82, 2.24) is 4.57 Å². The number of anilines is 1. The lowest BCUT2D eigenvalue weighted by atomic mass is 10.3. The minimum atomic E-state index is -3.88. The Hall–Kier alpha value is -0.990. The molecule has 1 aromatic carbocycles. The van der Waals surface area contributed by atoms with E-state index in [1.807, 2.05) is 41.2 Å². The van der Waals surface area contributed by atoms with Gasteiger partial charge < -0.3 is 4.57 Å². The van der Waals surface area contributed by atoms with Crippen LogP contribution in [0.15, 0.2) is 58.2 Å². The summed E-state index contributed by atoms with van der Waals surface area (Å²) in [6, 6.07) is 10.8. The maximum atomic E-state index is 12.7. The van der Waals surface area contributed by atoms with Crippen LogP contribution in [0.5, 0.6) is 0 Å². The van der Waals surface area contributed by atoms with E-state index in [-0.39, 0.29) is 18.0 Å². The van der Waals surface area contributed by atoms with Crippen LogP contribution < -0.4 is 4.72 Å². The van der Waals surface area contributed by atoms with E-state index in [9.17, 15) is 8.42 Å². The van der Waals surface area contributed by atoms with Crippen molar-refractivity contribution >= 4 is 66.2 Å². The molecule has 2 aromatic heterocycles. The van der Waals surface area contributed by atoms with Crippen LogP contribution in [0.25, 0.3) is 5.69 Å². The molecule has 0 bridgehead atoms. The molecule has 9 heteroatoms. The number of nitrogens with zero attached hydrogens (tertiary/aromatic N) is 1. The zero-order valence-corrected chi connectivity index (χ0v) is 16.1. The summed E-state index contributed by atoms with van der Waals surface area (Å²) >= 11 is 16.1. The molecule has 0 atom stereocenters. The van der Waals surface area contributed by atoms with E-state index in [4.69, 9.17) is 23.2 Å². The zero-order chi connectivity index (χ0) is 16.6. The molecule has 0 saturated carbocycles. The smallest absolute Gasteiger partial charge is 0.265 e. The predicted octanol–water partition coefficient (Wildman–Crippen LogP) is 5.41. The van der Waals surface area contributed by atoms with Gasteiger partial charge in [-0.1, -0.05) is 35.3 Å². The van der Waals surface area contributed by atoms with Gasteiger partial charge in [0.2, 0.25) is 0 Å². The second-order valence-electron chi connectivity index (χ2n) is 4.51. The van der Waals surface area contributed by atoms with Gasteiger partial charge in [0.25, 0.3) is 10.0 Å². The van der Waals surface area contributed by atoms with Crippen molar-refractivity contribution in [2.75, 3.05) is 4.72 Å². The molecule has 1 N–H and O–H groups in total. The molecule has 0 aliphatic rings. The number of hydrogen-bond acceptors (Lipinski definition) is 3. The molecule has 3 aromatic rings. The van der Waals surface area contributed by atoms with E-state index in [0.717, 1.165) is 11.3 Å². The van der Waals surface area contributed by atoms with Gasteiger partial charge >= 0.3 is 0 Å². The lowest BCUT2D eigenvalue weighted by Crippen LogP contribution is -2.14. The molecular weight excluding hydrogens is 443 g/mol. The fourth-order valence-electron chi connectivity index (χ4n) is 2.04. The molecular formula is C14H9BrCl2N2O2S2. The summed E-state index contributed by atoms with van der Waals surface area (Å²) in [5.74, 6) is 0. The highest BCUT2D eigenvalue weighted by molar-refractivity contribution is 9.10. The Bertz CT molecular complexity index is 953. The molecule has 0 aliphatic carbocycles. The average molecular weight is 452 g/mol. The van der Waals surface area contributed by atoms with Gasteiger partial charge in [0, 0.05) is 12.4 Å². The maximum absolute atomic E-state index is 12.7. The predicted molar refractivity (Wildman–Crippen MR) is 98.6 cm³/mol. The summed E-state index contributed by atoms with van der Waals surface area (Å²) in [6.07, 6.45) is 3.66. The molecule has 0 radical (unpaired) electrons. The Morgan fingerprint density at radius 3 is 2.30 bits per heavy atom. The summed E-state index contributed by atoms with van der Waals surface area (Å²) in [6.45, 7) is 0. The minimum Gasteiger partial charge on any atom is -0.322 e. The Morgan fingerprint density at radius 1 is 1.04 bits per heavy atom. The van der Waals surface area contributed by atoms with E-state index in [1.165, 1.54) is 0 Å². The van der Waals surface area contributed by atoms with Crippen molar-refractivity contribution < 1.29 is 8.42 Å². The summed E-state index contributed by atoms with van der Waals surface area (Å²) in [5, 5.41) is 0. The van der Waals surface area contributed by atoms with Crippen molar-refractivity contribution in [1.29, 1.82) is 0 Å². The van der Waals surface area contributed by atoms with E-state index in [2.05, 4.69) is 20.7 Å². The normalized spacial score (nSPS) is 11.6. The number of nitrogens with one attached hydrogen (secondary N) is 1. The molecule has 0 spiro atoms. The van der Waals surface area contributed by atoms with E-state index in [1.54, 1.807) is 12.1 Å².